The molecule has 2 N–H and O–H groups in total. The molecule has 0 rings (SSSR count). The second kappa shape index (κ2) is 5.36. The number of amides is 2. The molecule has 7 nitrogen and oxygen atoms in total. The Bertz CT molecular complexity index is 273. The molecule has 0 atom stereocenters. The van der Waals surface area contributed by atoms with Gasteiger partial charge < -0.3 is 10.1 Å². The molecule has 0 unspecified atom stereocenters. The first-order valence-electron chi connectivity index (χ1n) is 3.26. The largest absolute Gasteiger partial charge is 0.466 e. The van der Waals surface area contributed by atoms with Gasteiger partial charge in [0.25, 0.3) is 6.47 Å². The van der Waals surface area contributed by atoms with Crippen LogP contribution in [0.2, 0.25) is 0 Å². The molecular formula is C5H10N2O5S. The maximum absolute atomic E-state index is 10.7. The highest BCUT2D eigenvalue weighted by atomic mass is 32.2. The smallest absolute Gasteiger partial charge is 0.328 e. The van der Waals surface area contributed by atoms with Crippen LogP contribution >= 0.6 is 0 Å². The average molecular weight is 210 g/mol. The molecule has 0 heterocycles. The predicted molar refractivity (Wildman–Crippen MR) is 43.4 cm³/mol. The number of urea groups is 1. The van der Waals surface area contributed by atoms with Crippen LogP contribution in [-0.2, 0) is 19.6 Å². The Balaban J connectivity index is 3.58. The van der Waals surface area contributed by atoms with Crippen LogP contribution in [0.15, 0.2) is 0 Å². The Labute approximate surface area is 75.5 Å². The molecule has 0 aromatic carbocycles. The zero-order valence-corrected chi connectivity index (χ0v) is 7.76. The summed E-state index contributed by atoms with van der Waals surface area (Å²) in [5.74, 6) is 0. The van der Waals surface area contributed by atoms with Gasteiger partial charge in [-0.1, -0.05) is 0 Å². The van der Waals surface area contributed by atoms with Crippen LogP contribution < -0.4 is 10.0 Å². The molecule has 0 spiro atoms. The van der Waals surface area contributed by atoms with E-state index < -0.39 is 16.1 Å². The van der Waals surface area contributed by atoms with Crippen molar-refractivity contribution in [2.24, 2.45) is 0 Å². The van der Waals surface area contributed by atoms with Crippen molar-refractivity contribution in [3.8, 4) is 0 Å². The fourth-order valence-electron chi connectivity index (χ4n) is 0.476. The summed E-state index contributed by atoms with van der Waals surface area (Å²) in [6, 6.07) is -0.850. The lowest BCUT2D eigenvalue weighted by molar-refractivity contribution is -0.128. The molecule has 0 aliphatic carbocycles. The van der Waals surface area contributed by atoms with E-state index in [-0.39, 0.29) is 19.6 Å². The van der Waals surface area contributed by atoms with Crippen LogP contribution in [-0.4, -0.2) is 40.3 Å². The van der Waals surface area contributed by atoms with Gasteiger partial charge in [0.15, 0.2) is 0 Å². The van der Waals surface area contributed by atoms with Crippen LogP contribution in [0.1, 0.15) is 0 Å². The Morgan fingerprint density at radius 3 is 2.62 bits per heavy atom. The van der Waals surface area contributed by atoms with E-state index in [4.69, 9.17) is 0 Å². The minimum atomic E-state index is -3.54. The van der Waals surface area contributed by atoms with Gasteiger partial charge >= 0.3 is 6.03 Å². The van der Waals surface area contributed by atoms with E-state index in [0.717, 1.165) is 6.26 Å². The molecule has 0 saturated heterocycles. The van der Waals surface area contributed by atoms with Crippen LogP contribution in [0.25, 0.3) is 0 Å². The van der Waals surface area contributed by atoms with Gasteiger partial charge in [0.05, 0.1) is 12.8 Å². The predicted octanol–water partition coefficient (Wildman–Crippen LogP) is -1.58. The van der Waals surface area contributed by atoms with Crippen molar-refractivity contribution in [1.82, 2.24) is 10.0 Å². The second-order valence-corrected chi connectivity index (χ2v) is 3.85. The lowest BCUT2D eigenvalue weighted by Gasteiger charge is -2.04. The molecule has 13 heavy (non-hydrogen) atoms. The maximum Gasteiger partial charge on any atom is 0.328 e. The fourth-order valence-corrected chi connectivity index (χ4v) is 0.885. The van der Waals surface area contributed by atoms with Gasteiger partial charge in [-0.05, 0) is 0 Å². The van der Waals surface area contributed by atoms with E-state index in [2.05, 4.69) is 10.1 Å². The lowest BCUT2D eigenvalue weighted by Crippen LogP contribution is -2.40. The summed E-state index contributed by atoms with van der Waals surface area (Å²) in [4.78, 5) is 20.3. The van der Waals surface area contributed by atoms with Crippen molar-refractivity contribution in [3.05, 3.63) is 0 Å². The van der Waals surface area contributed by atoms with E-state index in [9.17, 15) is 18.0 Å². The summed E-state index contributed by atoms with van der Waals surface area (Å²) >= 11 is 0. The molecule has 0 aromatic heterocycles. The van der Waals surface area contributed by atoms with Crippen molar-refractivity contribution in [2.45, 2.75) is 0 Å². The second-order valence-electron chi connectivity index (χ2n) is 2.10. The van der Waals surface area contributed by atoms with Crippen molar-refractivity contribution in [2.75, 3.05) is 19.4 Å². The molecule has 76 valence electrons. The molecule has 0 radical (unpaired) electrons. The fraction of sp³-hybridized carbons (Fsp3) is 0.600. The van der Waals surface area contributed by atoms with Gasteiger partial charge in [0.1, 0.15) is 6.61 Å². The van der Waals surface area contributed by atoms with Gasteiger partial charge in [-0.2, -0.15) is 0 Å². The minimum absolute atomic E-state index is 0.000676. The van der Waals surface area contributed by atoms with Crippen molar-refractivity contribution >= 4 is 22.5 Å². The number of nitrogens with one attached hydrogen (secondary N) is 2. The highest BCUT2D eigenvalue weighted by Crippen LogP contribution is 1.74. The Kier molecular flexibility index (Phi) is 4.82. The molecule has 2 amide bonds. The number of rotatable bonds is 5. The van der Waals surface area contributed by atoms with Crippen molar-refractivity contribution < 1.29 is 22.7 Å². The first kappa shape index (κ1) is 11.7. The first-order chi connectivity index (χ1) is 5.95. The molecule has 0 aromatic rings. The highest BCUT2D eigenvalue weighted by molar-refractivity contribution is 7.89. The van der Waals surface area contributed by atoms with E-state index in [1.165, 1.54) is 0 Å². The van der Waals surface area contributed by atoms with Gasteiger partial charge in [0, 0.05) is 0 Å². The topological polar surface area (TPSA) is 102 Å². The highest BCUT2D eigenvalue weighted by Gasteiger charge is 2.06. The van der Waals surface area contributed by atoms with Gasteiger partial charge in [-0.15, -0.1) is 0 Å². The van der Waals surface area contributed by atoms with E-state index in [0.29, 0.717) is 0 Å². The van der Waals surface area contributed by atoms with Gasteiger partial charge in [-0.3, -0.25) is 4.79 Å². The standard InChI is InChI=1S/C5H10N2O5S/c1-13(10,11)7-5(9)6-2-3-12-4-8/h4H,2-3H2,1H3,(H2,6,7,9). The molecule has 0 saturated carbocycles. The molecular weight excluding hydrogens is 200 g/mol. The molecule has 8 heteroatoms. The SMILES string of the molecule is CS(=O)(=O)NC(=O)NCCOC=O. The Morgan fingerprint density at radius 1 is 1.54 bits per heavy atom. The minimum Gasteiger partial charge on any atom is -0.466 e. The third-order valence-corrected chi connectivity index (χ3v) is 1.41. The molecule has 0 bridgehead atoms. The van der Waals surface area contributed by atoms with Crippen LogP contribution in [0.4, 0.5) is 4.79 Å². The third-order valence-electron chi connectivity index (χ3n) is 0.852. The molecule has 0 aliphatic heterocycles. The van der Waals surface area contributed by atoms with Crippen molar-refractivity contribution in [1.29, 1.82) is 0 Å². The first-order valence-corrected chi connectivity index (χ1v) is 5.15. The Hall–Kier alpha value is -1.31. The summed E-state index contributed by atoms with van der Waals surface area (Å²) in [5.41, 5.74) is 0. The van der Waals surface area contributed by atoms with Crippen LogP contribution in [0, 0.1) is 0 Å². The number of sulfonamides is 1. The molecule has 0 fully saturated rings. The average Bonchev–Trinajstić information content (AvgIpc) is 1.94. The summed E-state index contributed by atoms with van der Waals surface area (Å²) in [5, 5.41) is 2.16. The summed E-state index contributed by atoms with van der Waals surface area (Å²) in [7, 11) is -3.54. The van der Waals surface area contributed by atoms with Gasteiger partial charge in [-0.25, -0.2) is 17.9 Å². The number of hydrogen-bond donors (Lipinski definition) is 2. The number of carbonyl (C=O) groups is 2. The normalized spacial score (nSPS) is 10.2. The number of carbonyl (C=O) groups excluding carboxylic acids is 2. The van der Waals surface area contributed by atoms with Crippen LogP contribution in [0.5, 0.6) is 0 Å². The maximum atomic E-state index is 10.7. The quantitative estimate of drug-likeness (QED) is 0.421. The third kappa shape index (κ3) is 8.60. The summed E-state index contributed by atoms with van der Waals surface area (Å²) in [6.45, 7) is 0.289. The lowest BCUT2D eigenvalue weighted by atomic mass is 10.7. The van der Waals surface area contributed by atoms with Gasteiger partial charge in [0.2, 0.25) is 10.0 Å². The van der Waals surface area contributed by atoms with E-state index in [1.54, 1.807) is 4.72 Å². The number of hydrogen-bond acceptors (Lipinski definition) is 5. The van der Waals surface area contributed by atoms with E-state index >= 15 is 0 Å². The zero-order valence-electron chi connectivity index (χ0n) is 6.94. The van der Waals surface area contributed by atoms with Crippen LogP contribution in [0.3, 0.4) is 0 Å². The Morgan fingerprint density at radius 2 is 2.15 bits per heavy atom. The van der Waals surface area contributed by atoms with Crippen molar-refractivity contribution in [3.63, 3.8) is 0 Å². The zero-order chi connectivity index (χ0) is 10.3. The van der Waals surface area contributed by atoms with E-state index in [1.807, 2.05) is 0 Å². The summed E-state index contributed by atoms with van der Waals surface area (Å²) in [6.07, 6.45) is 0.856. The number of ether oxygens (including phenoxy) is 1. The summed E-state index contributed by atoms with van der Waals surface area (Å²) < 4.78 is 26.9. The monoisotopic (exact) mass is 210 g/mol. The molecule has 0 aliphatic rings.